The van der Waals surface area contributed by atoms with Crippen LogP contribution in [0.25, 0.3) is 0 Å². The maximum absolute atomic E-state index is 12.3. The van der Waals surface area contributed by atoms with E-state index in [4.69, 9.17) is 9.47 Å². The van der Waals surface area contributed by atoms with E-state index < -0.39 is 0 Å². The Bertz CT molecular complexity index is 802. The van der Waals surface area contributed by atoms with Gasteiger partial charge < -0.3 is 20.1 Å². The summed E-state index contributed by atoms with van der Waals surface area (Å²) in [6, 6.07) is 3.67. The second kappa shape index (κ2) is 9.98. The molecule has 2 unspecified atom stereocenters. The smallest absolute Gasteiger partial charge is 0.314 e. The van der Waals surface area contributed by atoms with E-state index in [0.29, 0.717) is 31.0 Å². The number of carbonyl (C=O) groups excluding carboxylic acids is 2. The van der Waals surface area contributed by atoms with Crippen LogP contribution in [-0.4, -0.2) is 45.5 Å². The first kappa shape index (κ1) is 23.7. The fraction of sp³-hybridized carbons (Fsp3) is 0.652. The Balaban J connectivity index is 1.87. The van der Waals surface area contributed by atoms with Crippen molar-refractivity contribution < 1.29 is 19.1 Å². The molecule has 0 aromatic heterocycles. The maximum Gasteiger partial charge on any atom is 0.314 e. The minimum Gasteiger partial charge on any atom is -0.493 e. The number of isocyanates is 1. The maximum atomic E-state index is 12.3. The highest BCUT2D eigenvalue weighted by Gasteiger charge is 2.41. The van der Waals surface area contributed by atoms with Crippen molar-refractivity contribution in [1.29, 1.82) is 0 Å². The van der Waals surface area contributed by atoms with E-state index in [9.17, 15) is 9.59 Å². The van der Waals surface area contributed by atoms with Crippen LogP contribution in [0.2, 0.25) is 0 Å². The predicted molar refractivity (Wildman–Crippen MR) is 117 cm³/mol. The van der Waals surface area contributed by atoms with Crippen LogP contribution in [0.15, 0.2) is 17.1 Å². The number of nitrogens with zero attached hydrogens (tertiary/aromatic N) is 1. The van der Waals surface area contributed by atoms with E-state index in [1.165, 1.54) is 0 Å². The number of ether oxygens (including phenoxy) is 2. The summed E-state index contributed by atoms with van der Waals surface area (Å²) in [5.74, 6) is 1.38. The van der Waals surface area contributed by atoms with Crippen LogP contribution in [0.1, 0.15) is 51.2 Å². The number of hydrogen-bond donors (Lipinski definition) is 2. The lowest BCUT2D eigenvalue weighted by Crippen LogP contribution is -2.47. The van der Waals surface area contributed by atoms with Gasteiger partial charge in [0.05, 0.1) is 20.3 Å². The van der Waals surface area contributed by atoms with Gasteiger partial charge in [-0.3, -0.25) is 0 Å². The van der Waals surface area contributed by atoms with Crippen molar-refractivity contribution in [1.82, 2.24) is 10.6 Å². The highest BCUT2D eigenvalue weighted by molar-refractivity contribution is 5.73. The molecule has 166 valence electrons. The monoisotopic (exact) mass is 417 g/mol. The molecule has 30 heavy (non-hydrogen) atoms. The van der Waals surface area contributed by atoms with Crippen molar-refractivity contribution in [3.8, 4) is 11.5 Å². The number of carbonyl (C=O) groups is 1. The summed E-state index contributed by atoms with van der Waals surface area (Å²) in [6.07, 6.45) is 5.01. The molecule has 7 heteroatoms. The number of nitrogens with one attached hydrogen (secondary N) is 2. The number of rotatable bonds is 8. The molecule has 2 atom stereocenters. The second-order valence-electron chi connectivity index (χ2n) is 9.43. The van der Waals surface area contributed by atoms with E-state index >= 15 is 0 Å². The minimum atomic E-state index is -0.187. The van der Waals surface area contributed by atoms with E-state index in [1.54, 1.807) is 20.3 Å². The lowest BCUT2D eigenvalue weighted by atomic mass is 9.63. The molecule has 1 fully saturated rings. The largest absolute Gasteiger partial charge is 0.493 e. The molecule has 0 radical (unpaired) electrons. The molecule has 2 amide bonds. The van der Waals surface area contributed by atoms with Gasteiger partial charge >= 0.3 is 6.03 Å². The van der Waals surface area contributed by atoms with Gasteiger partial charge in [0.2, 0.25) is 6.08 Å². The van der Waals surface area contributed by atoms with Gasteiger partial charge in [-0.15, -0.1) is 0 Å². The average Bonchev–Trinajstić information content (AvgIpc) is 2.66. The van der Waals surface area contributed by atoms with E-state index in [0.717, 1.165) is 30.4 Å². The first-order valence-electron chi connectivity index (χ1n) is 10.4. The molecule has 1 aromatic rings. The Hall–Kier alpha value is -2.53. The minimum absolute atomic E-state index is 0.0332. The van der Waals surface area contributed by atoms with Crippen molar-refractivity contribution in [2.24, 2.45) is 15.8 Å². The number of aliphatic imine (C=N–C) groups is 1. The molecule has 1 aliphatic rings. The van der Waals surface area contributed by atoms with E-state index in [1.807, 2.05) is 19.1 Å². The van der Waals surface area contributed by atoms with E-state index in [-0.39, 0.29) is 22.9 Å². The second-order valence-corrected chi connectivity index (χ2v) is 9.43. The highest BCUT2D eigenvalue weighted by Crippen LogP contribution is 2.46. The third-order valence-electron chi connectivity index (χ3n) is 5.85. The van der Waals surface area contributed by atoms with Gasteiger partial charge in [-0.25, -0.2) is 14.6 Å². The number of methoxy groups -OCH3 is 2. The topological polar surface area (TPSA) is 89.0 Å². The zero-order chi connectivity index (χ0) is 22.4. The number of amides is 2. The van der Waals surface area contributed by atoms with E-state index in [2.05, 4.69) is 36.4 Å². The number of hydrogen-bond acceptors (Lipinski definition) is 5. The highest BCUT2D eigenvalue weighted by atomic mass is 16.5. The van der Waals surface area contributed by atoms with Crippen LogP contribution in [-0.2, 0) is 11.2 Å². The molecule has 0 bridgehead atoms. The van der Waals surface area contributed by atoms with Crippen molar-refractivity contribution in [3.63, 3.8) is 0 Å². The van der Waals surface area contributed by atoms with Gasteiger partial charge in [0.15, 0.2) is 11.5 Å². The molecule has 1 aromatic carbocycles. The lowest BCUT2D eigenvalue weighted by molar-refractivity contribution is 0.0850. The molecule has 2 N–H and O–H groups in total. The SMILES string of the molecule is COc1cc(C)c(CCNC(=O)NCC2(C)CC(N=C=O)CC(C)(C)C2)cc1OC. The Morgan fingerprint density at radius 3 is 2.47 bits per heavy atom. The van der Waals surface area contributed by atoms with Crippen molar-refractivity contribution in [2.75, 3.05) is 27.3 Å². The molecule has 1 aliphatic carbocycles. The standard InChI is InChI=1S/C23H35N3O4/c1-16-9-19(29-5)20(30-6)10-17(16)7-8-24-21(28)25-14-23(4)12-18(26-15-27)11-22(2,3)13-23/h9-10,18H,7-8,11-14H2,1-6H3,(H2,24,25,28). The Morgan fingerprint density at radius 2 is 1.83 bits per heavy atom. The quantitative estimate of drug-likeness (QED) is 0.498. The van der Waals surface area contributed by atoms with Gasteiger partial charge in [-0.2, -0.15) is 0 Å². The molecule has 0 heterocycles. The molecule has 7 nitrogen and oxygen atoms in total. The zero-order valence-corrected chi connectivity index (χ0v) is 19.1. The third-order valence-corrected chi connectivity index (χ3v) is 5.85. The third kappa shape index (κ3) is 6.49. The van der Waals surface area contributed by atoms with Crippen LogP contribution < -0.4 is 20.1 Å². The van der Waals surface area contributed by atoms with Crippen LogP contribution >= 0.6 is 0 Å². The number of benzene rings is 1. The van der Waals surface area contributed by atoms with Crippen LogP contribution in [0.5, 0.6) is 11.5 Å². The summed E-state index contributed by atoms with van der Waals surface area (Å²) in [7, 11) is 3.23. The predicted octanol–water partition coefficient (Wildman–Crippen LogP) is 3.77. The summed E-state index contributed by atoms with van der Waals surface area (Å²) >= 11 is 0. The van der Waals surface area contributed by atoms with Crippen LogP contribution in [0.4, 0.5) is 4.79 Å². The molecule has 1 saturated carbocycles. The Labute approximate surface area is 179 Å². The first-order chi connectivity index (χ1) is 14.1. The molecule has 0 saturated heterocycles. The average molecular weight is 418 g/mol. The lowest BCUT2D eigenvalue weighted by Gasteiger charge is -2.45. The van der Waals surface area contributed by atoms with Crippen molar-refractivity contribution in [3.05, 3.63) is 23.3 Å². The van der Waals surface area contributed by atoms with Crippen LogP contribution in [0.3, 0.4) is 0 Å². The number of aryl methyl sites for hydroxylation is 1. The van der Waals surface area contributed by atoms with Crippen molar-refractivity contribution >= 4 is 12.1 Å². The Kier molecular flexibility index (Phi) is 7.90. The fourth-order valence-electron chi connectivity index (χ4n) is 4.84. The first-order valence-corrected chi connectivity index (χ1v) is 10.4. The zero-order valence-electron chi connectivity index (χ0n) is 19.1. The van der Waals surface area contributed by atoms with Crippen LogP contribution in [0, 0.1) is 17.8 Å². The van der Waals surface area contributed by atoms with Gasteiger partial charge in [0.25, 0.3) is 0 Å². The molecule has 0 aliphatic heterocycles. The normalized spacial score (nSPS) is 22.5. The van der Waals surface area contributed by atoms with Gasteiger partial charge in [0.1, 0.15) is 0 Å². The molecule has 0 spiro atoms. The van der Waals surface area contributed by atoms with Crippen molar-refractivity contribution in [2.45, 2.75) is 59.4 Å². The molecular formula is C23H35N3O4. The summed E-state index contributed by atoms with van der Waals surface area (Å²) in [5.41, 5.74) is 2.16. The summed E-state index contributed by atoms with van der Waals surface area (Å²) in [5, 5.41) is 5.93. The summed E-state index contributed by atoms with van der Waals surface area (Å²) < 4.78 is 10.7. The van der Waals surface area contributed by atoms with Gasteiger partial charge in [0, 0.05) is 13.1 Å². The number of urea groups is 1. The Morgan fingerprint density at radius 1 is 1.17 bits per heavy atom. The fourth-order valence-corrected chi connectivity index (χ4v) is 4.84. The summed E-state index contributed by atoms with van der Waals surface area (Å²) in [6.45, 7) is 9.59. The summed E-state index contributed by atoms with van der Waals surface area (Å²) in [4.78, 5) is 27.0. The van der Waals surface area contributed by atoms with Gasteiger partial charge in [-0.1, -0.05) is 20.8 Å². The van der Waals surface area contributed by atoms with Gasteiger partial charge in [-0.05, 0) is 66.7 Å². The molecule has 2 rings (SSSR count). The molecular weight excluding hydrogens is 382 g/mol.